The Morgan fingerprint density at radius 1 is 0.884 bits per heavy atom. The number of hydrogen-bond donors (Lipinski definition) is 0. The number of carbonyl (C=O) groups excluding carboxylic acids is 1. The summed E-state index contributed by atoms with van der Waals surface area (Å²) >= 11 is 6.35. The average Bonchev–Trinajstić information content (AvgIpc) is 3.00. The molecule has 8 heteroatoms. The van der Waals surface area contributed by atoms with Crippen molar-refractivity contribution in [1.82, 2.24) is 4.90 Å². The molecule has 0 aliphatic rings. The van der Waals surface area contributed by atoms with Gasteiger partial charge in [0.05, 0.1) is 30.7 Å². The summed E-state index contributed by atoms with van der Waals surface area (Å²) in [6, 6.07) is 31.5. The van der Waals surface area contributed by atoms with E-state index in [9.17, 15) is 18.0 Å². The molecule has 0 spiro atoms. The lowest BCUT2D eigenvalue weighted by Crippen LogP contribution is -2.37. The van der Waals surface area contributed by atoms with Crippen LogP contribution >= 0.6 is 11.6 Å². The lowest BCUT2D eigenvalue weighted by molar-refractivity contribution is -0.140. The van der Waals surface area contributed by atoms with Crippen LogP contribution in [0.15, 0.2) is 103 Å². The molecule has 4 rings (SSSR count). The molecule has 0 bridgehead atoms. The summed E-state index contributed by atoms with van der Waals surface area (Å²) in [6.45, 7) is 3.20. The molecule has 4 nitrogen and oxygen atoms in total. The van der Waals surface area contributed by atoms with Crippen molar-refractivity contribution in [1.29, 1.82) is 0 Å². The topological polar surface area (TPSA) is 38.8 Å². The Hall–Kier alpha value is -3.81. The number of carbonyl (C=O) groups is 1. The fraction of sp³-hybridized carbons (Fsp3) is 0.286. The molecule has 0 N–H and O–H groups in total. The second-order valence-electron chi connectivity index (χ2n) is 10.5. The first-order valence-electron chi connectivity index (χ1n) is 14.1. The predicted molar refractivity (Wildman–Crippen MR) is 163 cm³/mol. The number of rotatable bonds is 13. The molecule has 0 radical (unpaired) electrons. The van der Waals surface area contributed by atoms with Gasteiger partial charge in [0.1, 0.15) is 5.75 Å². The number of esters is 1. The quantitative estimate of drug-likeness (QED) is 0.142. The monoisotopic (exact) mass is 609 g/mol. The van der Waals surface area contributed by atoms with Gasteiger partial charge in [-0.3, -0.25) is 9.69 Å². The maximum Gasteiger partial charge on any atom is 0.417 e. The second kappa shape index (κ2) is 15.1. The summed E-state index contributed by atoms with van der Waals surface area (Å²) in [5.74, 6) is 0.277. The Kier molecular flexibility index (Phi) is 11.3. The molecule has 0 aromatic heterocycles. The van der Waals surface area contributed by atoms with Crippen molar-refractivity contribution < 1.29 is 27.4 Å². The van der Waals surface area contributed by atoms with E-state index >= 15 is 0 Å². The summed E-state index contributed by atoms with van der Waals surface area (Å²) in [7, 11) is 1.35. The van der Waals surface area contributed by atoms with Crippen molar-refractivity contribution in [2.75, 3.05) is 20.3 Å². The molecule has 0 saturated heterocycles. The van der Waals surface area contributed by atoms with E-state index in [0.717, 1.165) is 22.8 Å². The van der Waals surface area contributed by atoms with Crippen LogP contribution in [0.4, 0.5) is 13.2 Å². The van der Waals surface area contributed by atoms with Gasteiger partial charge >= 0.3 is 12.1 Å². The zero-order chi connectivity index (χ0) is 30.8. The third kappa shape index (κ3) is 9.09. The zero-order valence-corrected chi connectivity index (χ0v) is 24.9. The van der Waals surface area contributed by atoms with Crippen LogP contribution in [-0.4, -0.2) is 37.2 Å². The van der Waals surface area contributed by atoms with Crippen LogP contribution in [0, 0.1) is 0 Å². The lowest BCUT2D eigenvalue weighted by Gasteiger charge is -2.34. The molecule has 4 aromatic rings. The first kappa shape index (κ1) is 32.1. The Morgan fingerprint density at radius 2 is 1.51 bits per heavy atom. The Balaban J connectivity index is 1.58. The van der Waals surface area contributed by atoms with Crippen LogP contribution in [0.1, 0.15) is 47.1 Å². The standard InChI is InChI=1S/C35H35ClF3NO3/c1-25(19-20-43-30-17-9-11-26(21-30)22-33(41)42-2)40(23-29-16-10-18-32(34(29)36)35(37,38)39)24-31(27-12-5-3-6-13-27)28-14-7-4-8-15-28/h3-18,21,25,31H,19-20,22-24H2,1-2H3. The van der Waals surface area contributed by atoms with Crippen LogP contribution in [0.3, 0.4) is 0 Å². The van der Waals surface area contributed by atoms with Crippen LogP contribution < -0.4 is 4.74 Å². The van der Waals surface area contributed by atoms with Gasteiger partial charge in [0, 0.05) is 25.0 Å². The van der Waals surface area contributed by atoms with Crippen LogP contribution in [0.5, 0.6) is 5.75 Å². The Bertz CT molecular complexity index is 1420. The molecule has 0 heterocycles. The van der Waals surface area contributed by atoms with Gasteiger partial charge in [-0.2, -0.15) is 13.2 Å². The van der Waals surface area contributed by atoms with Crippen molar-refractivity contribution in [2.24, 2.45) is 0 Å². The van der Waals surface area contributed by atoms with E-state index in [1.165, 1.54) is 13.2 Å². The Labute approximate surface area is 256 Å². The van der Waals surface area contributed by atoms with Gasteiger partial charge in [-0.05, 0) is 53.8 Å². The SMILES string of the molecule is COC(=O)Cc1cccc(OCCC(C)N(Cc2cccc(C(F)(F)F)c2Cl)CC(c2ccccc2)c2ccccc2)c1. The van der Waals surface area contributed by atoms with Gasteiger partial charge in [0.25, 0.3) is 0 Å². The van der Waals surface area contributed by atoms with E-state index in [1.807, 2.05) is 67.6 Å². The maximum atomic E-state index is 13.7. The molecule has 0 aliphatic carbocycles. The molecular weight excluding hydrogens is 575 g/mol. The minimum atomic E-state index is -4.55. The largest absolute Gasteiger partial charge is 0.494 e. The average molecular weight is 610 g/mol. The summed E-state index contributed by atoms with van der Waals surface area (Å²) in [4.78, 5) is 13.8. The van der Waals surface area contributed by atoms with Crippen LogP contribution in [0.25, 0.3) is 0 Å². The van der Waals surface area contributed by atoms with Gasteiger partial charge in [0.2, 0.25) is 0 Å². The highest BCUT2D eigenvalue weighted by Crippen LogP contribution is 2.37. The third-order valence-electron chi connectivity index (χ3n) is 7.48. The highest BCUT2D eigenvalue weighted by molar-refractivity contribution is 6.32. The van der Waals surface area contributed by atoms with Gasteiger partial charge in [-0.25, -0.2) is 0 Å². The first-order valence-corrected chi connectivity index (χ1v) is 14.5. The van der Waals surface area contributed by atoms with E-state index in [-0.39, 0.29) is 35.9 Å². The maximum absolute atomic E-state index is 13.7. The fourth-order valence-corrected chi connectivity index (χ4v) is 5.36. The predicted octanol–water partition coefficient (Wildman–Crippen LogP) is 8.57. The number of hydrogen-bond acceptors (Lipinski definition) is 4. The van der Waals surface area contributed by atoms with Crippen molar-refractivity contribution >= 4 is 17.6 Å². The number of alkyl halides is 3. The van der Waals surface area contributed by atoms with Gasteiger partial charge in [-0.15, -0.1) is 0 Å². The number of benzene rings is 4. The molecule has 226 valence electrons. The first-order chi connectivity index (χ1) is 20.7. The van der Waals surface area contributed by atoms with Gasteiger partial charge in [0.15, 0.2) is 0 Å². The number of ether oxygens (including phenoxy) is 2. The lowest BCUT2D eigenvalue weighted by atomic mass is 9.90. The minimum Gasteiger partial charge on any atom is -0.494 e. The molecule has 0 amide bonds. The minimum absolute atomic E-state index is 0.0228. The van der Waals surface area contributed by atoms with Gasteiger partial charge in [-0.1, -0.05) is 96.5 Å². The third-order valence-corrected chi connectivity index (χ3v) is 7.93. The van der Waals surface area contributed by atoms with Crippen molar-refractivity contribution in [3.63, 3.8) is 0 Å². The molecule has 0 fully saturated rings. The van der Waals surface area contributed by atoms with Gasteiger partial charge < -0.3 is 9.47 Å². The molecule has 4 aromatic carbocycles. The normalized spacial score (nSPS) is 12.4. The number of methoxy groups -OCH3 is 1. The summed E-state index contributed by atoms with van der Waals surface area (Å²) in [5.41, 5.74) is 2.59. The fourth-order valence-electron chi connectivity index (χ4n) is 5.06. The van der Waals surface area contributed by atoms with Crippen molar-refractivity contribution in [2.45, 2.75) is 44.4 Å². The molecule has 0 saturated carbocycles. The van der Waals surface area contributed by atoms with E-state index in [4.69, 9.17) is 21.1 Å². The summed E-state index contributed by atoms with van der Waals surface area (Å²) < 4.78 is 51.8. The molecule has 1 atom stereocenters. The van der Waals surface area contributed by atoms with E-state index in [1.54, 1.807) is 6.07 Å². The molecule has 0 aliphatic heterocycles. The number of halogens is 4. The number of nitrogens with zero attached hydrogens (tertiary/aromatic N) is 1. The smallest absolute Gasteiger partial charge is 0.417 e. The molecular formula is C35H35ClF3NO3. The van der Waals surface area contributed by atoms with Crippen LogP contribution in [-0.2, 0) is 28.7 Å². The molecule has 43 heavy (non-hydrogen) atoms. The van der Waals surface area contributed by atoms with E-state index in [2.05, 4.69) is 29.2 Å². The highest BCUT2D eigenvalue weighted by atomic mass is 35.5. The zero-order valence-electron chi connectivity index (χ0n) is 24.2. The van der Waals surface area contributed by atoms with E-state index < -0.39 is 11.7 Å². The summed E-state index contributed by atoms with van der Waals surface area (Å²) in [5, 5.41) is -0.276. The molecule has 1 unspecified atom stereocenters. The summed E-state index contributed by atoms with van der Waals surface area (Å²) in [6.07, 6.45) is -3.79. The highest BCUT2D eigenvalue weighted by Gasteiger charge is 2.34. The van der Waals surface area contributed by atoms with Crippen molar-refractivity contribution in [3.8, 4) is 5.75 Å². The van der Waals surface area contributed by atoms with Crippen LogP contribution in [0.2, 0.25) is 5.02 Å². The van der Waals surface area contributed by atoms with Crippen molar-refractivity contribution in [3.05, 3.63) is 136 Å². The van der Waals surface area contributed by atoms with E-state index in [0.29, 0.717) is 30.9 Å². The second-order valence-corrected chi connectivity index (χ2v) is 10.8. The Morgan fingerprint density at radius 3 is 2.12 bits per heavy atom.